The third kappa shape index (κ3) is 4.71. The molecular weight excluding hydrogens is 362 g/mol. The van der Waals surface area contributed by atoms with Gasteiger partial charge in [-0.15, -0.1) is 0 Å². The fraction of sp³-hybridized carbons (Fsp3) is 0.476. The van der Waals surface area contributed by atoms with Crippen LogP contribution in [-0.2, 0) is 22.4 Å². The molecule has 0 aliphatic heterocycles. The first kappa shape index (κ1) is 19.9. The van der Waals surface area contributed by atoms with Gasteiger partial charge < -0.3 is 24.4 Å². The van der Waals surface area contributed by atoms with Crippen molar-refractivity contribution in [3.05, 3.63) is 39.7 Å². The highest BCUT2D eigenvalue weighted by Gasteiger charge is 2.20. The van der Waals surface area contributed by atoms with E-state index in [0.29, 0.717) is 37.1 Å². The van der Waals surface area contributed by atoms with E-state index in [0.717, 1.165) is 35.8 Å². The maximum atomic E-state index is 12.1. The number of ether oxygens (including phenoxy) is 1. The van der Waals surface area contributed by atoms with E-state index in [1.807, 2.05) is 6.07 Å². The van der Waals surface area contributed by atoms with E-state index < -0.39 is 12.1 Å². The predicted molar refractivity (Wildman–Crippen MR) is 101 cm³/mol. The molecule has 7 nitrogen and oxygen atoms in total. The highest BCUT2D eigenvalue weighted by Crippen LogP contribution is 2.29. The second-order valence-corrected chi connectivity index (χ2v) is 7.09. The Hall–Kier alpha value is -2.83. The lowest BCUT2D eigenvalue weighted by Gasteiger charge is -2.15. The smallest absolute Gasteiger partial charge is 0.339 e. The molecule has 1 amide bonds. The van der Waals surface area contributed by atoms with Crippen LogP contribution in [0.1, 0.15) is 50.2 Å². The first-order valence-corrected chi connectivity index (χ1v) is 9.68. The summed E-state index contributed by atoms with van der Waals surface area (Å²) in [7, 11) is 0. The SMILES string of the molecule is C[C@H](Oc1ccc2c3c(c(=O)oc2c1)CCC3)C(=O)NCCCCCC(=O)[O-]. The van der Waals surface area contributed by atoms with E-state index in [1.54, 1.807) is 19.1 Å². The van der Waals surface area contributed by atoms with Crippen molar-refractivity contribution in [2.24, 2.45) is 0 Å². The molecule has 0 saturated heterocycles. The number of amides is 1. The summed E-state index contributed by atoms with van der Waals surface area (Å²) in [5, 5.41) is 14.0. The minimum Gasteiger partial charge on any atom is -0.550 e. The zero-order valence-corrected chi connectivity index (χ0v) is 15.9. The number of carbonyl (C=O) groups is 2. The average Bonchev–Trinajstić information content (AvgIpc) is 3.14. The Labute approximate surface area is 162 Å². The standard InChI is InChI=1S/C21H25NO6/c1-13(20(25)22-11-4-2-3-8-19(23)24)27-14-9-10-16-15-6-5-7-17(15)21(26)28-18(16)12-14/h9-10,12-13H,2-8,11H2,1H3,(H,22,25)(H,23,24)/p-1/t13-/m0/s1. The third-order valence-electron chi connectivity index (χ3n) is 4.98. The van der Waals surface area contributed by atoms with E-state index in [2.05, 4.69) is 5.32 Å². The normalized spacial score (nSPS) is 13.9. The summed E-state index contributed by atoms with van der Waals surface area (Å²) in [6.45, 7) is 2.10. The molecule has 0 unspecified atom stereocenters. The molecule has 1 aromatic carbocycles. The Morgan fingerprint density at radius 3 is 2.79 bits per heavy atom. The summed E-state index contributed by atoms with van der Waals surface area (Å²) in [5.74, 6) is -0.845. The van der Waals surface area contributed by atoms with Crippen LogP contribution in [0.15, 0.2) is 27.4 Å². The molecule has 1 aliphatic carbocycles. The number of aliphatic carboxylic acids is 1. The van der Waals surface area contributed by atoms with E-state index in [1.165, 1.54) is 0 Å². The van der Waals surface area contributed by atoms with Crippen molar-refractivity contribution in [3.8, 4) is 5.75 Å². The fourth-order valence-electron chi connectivity index (χ4n) is 3.52. The molecule has 28 heavy (non-hydrogen) atoms. The molecular formula is C21H24NO6-. The predicted octanol–water partition coefficient (Wildman–Crippen LogP) is 1.48. The van der Waals surface area contributed by atoms with Crippen LogP contribution in [0.25, 0.3) is 11.0 Å². The van der Waals surface area contributed by atoms with Gasteiger partial charge in [0.05, 0.1) is 0 Å². The maximum absolute atomic E-state index is 12.1. The lowest BCUT2D eigenvalue weighted by Crippen LogP contribution is -2.36. The van der Waals surface area contributed by atoms with Crippen molar-refractivity contribution in [1.82, 2.24) is 5.32 Å². The van der Waals surface area contributed by atoms with Crippen molar-refractivity contribution in [3.63, 3.8) is 0 Å². The quantitative estimate of drug-likeness (QED) is 0.516. The number of aryl methyl sites for hydroxylation is 1. The Morgan fingerprint density at radius 1 is 1.21 bits per heavy atom. The Morgan fingerprint density at radius 2 is 2.00 bits per heavy atom. The summed E-state index contributed by atoms with van der Waals surface area (Å²) in [5.41, 5.74) is 2.01. The van der Waals surface area contributed by atoms with E-state index in [4.69, 9.17) is 9.15 Å². The zero-order valence-electron chi connectivity index (χ0n) is 15.9. The summed E-state index contributed by atoms with van der Waals surface area (Å²) in [4.78, 5) is 34.6. The fourth-order valence-corrected chi connectivity index (χ4v) is 3.52. The van der Waals surface area contributed by atoms with Gasteiger partial charge in [-0.05, 0) is 63.1 Å². The number of carbonyl (C=O) groups excluding carboxylic acids is 2. The molecule has 3 rings (SSSR count). The minimum atomic E-state index is -1.05. The number of nitrogens with one attached hydrogen (secondary N) is 1. The van der Waals surface area contributed by atoms with Gasteiger partial charge in [-0.25, -0.2) is 4.79 Å². The lowest BCUT2D eigenvalue weighted by molar-refractivity contribution is -0.305. The summed E-state index contributed by atoms with van der Waals surface area (Å²) in [6, 6.07) is 5.31. The molecule has 1 aromatic heterocycles. The van der Waals surface area contributed by atoms with Crippen LogP contribution in [-0.4, -0.2) is 24.5 Å². The summed E-state index contributed by atoms with van der Waals surface area (Å²) < 4.78 is 11.1. The number of carboxylic acid groups (broad SMARTS) is 1. The van der Waals surface area contributed by atoms with Crippen molar-refractivity contribution in [2.45, 2.75) is 58.0 Å². The van der Waals surface area contributed by atoms with Crippen LogP contribution in [0, 0.1) is 0 Å². The van der Waals surface area contributed by atoms with Gasteiger partial charge in [0.15, 0.2) is 6.10 Å². The maximum Gasteiger partial charge on any atom is 0.339 e. The van der Waals surface area contributed by atoms with Crippen molar-refractivity contribution >= 4 is 22.8 Å². The van der Waals surface area contributed by atoms with Gasteiger partial charge in [0.2, 0.25) is 0 Å². The van der Waals surface area contributed by atoms with Crippen LogP contribution in [0.5, 0.6) is 5.75 Å². The molecule has 0 spiro atoms. The van der Waals surface area contributed by atoms with Gasteiger partial charge in [-0.1, -0.05) is 6.42 Å². The molecule has 1 N–H and O–H groups in total. The van der Waals surface area contributed by atoms with Gasteiger partial charge >= 0.3 is 5.63 Å². The van der Waals surface area contributed by atoms with Gasteiger partial charge in [0.25, 0.3) is 5.91 Å². The lowest BCUT2D eigenvalue weighted by atomic mass is 10.1. The zero-order chi connectivity index (χ0) is 20.1. The minimum absolute atomic E-state index is 0.0365. The second kappa shape index (κ2) is 8.91. The first-order valence-electron chi connectivity index (χ1n) is 9.68. The molecule has 0 fully saturated rings. The van der Waals surface area contributed by atoms with E-state index >= 15 is 0 Å². The highest BCUT2D eigenvalue weighted by atomic mass is 16.5. The Kier molecular flexibility index (Phi) is 6.34. The van der Waals surface area contributed by atoms with Crippen LogP contribution in [0.2, 0.25) is 0 Å². The monoisotopic (exact) mass is 386 g/mol. The van der Waals surface area contributed by atoms with Crippen LogP contribution < -0.4 is 20.8 Å². The van der Waals surface area contributed by atoms with Gasteiger partial charge in [-0.2, -0.15) is 0 Å². The van der Waals surface area contributed by atoms with Crippen molar-refractivity contribution < 1.29 is 23.8 Å². The van der Waals surface area contributed by atoms with Crippen LogP contribution >= 0.6 is 0 Å². The summed E-state index contributed by atoms with van der Waals surface area (Å²) in [6.07, 6.45) is 3.86. The molecule has 2 aromatic rings. The molecule has 0 radical (unpaired) electrons. The number of rotatable bonds is 9. The molecule has 150 valence electrons. The van der Waals surface area contributed by atoms with Crippen molar-refractivity contribution in [1.29, 1.82) is 0 Å². The Bertz CT molecular complexity index is 932. The molecule has 0 bridgehead atoms. The van der Waals surface area contributed by atoms with Gasteiger partial charge in [0, 0.05) is 29.5 Å². The first-order chi connectivity index (χ1) is 13.5. The van der Waals surface area contributed by atoms with Crippen molar-refractivity contribution in [2.75, 3.05) is 6.54 Å². The second-order valence-electron chi connectivity index (χ2n) is 7.09. The molecule has 1 heterocycles. The topological polar surface area (TPSA) is 109 Å². The van der Waals surface area contributed by atoms with Crippen LogP contribution in [0.4, 0.5) is 0 Å². The largest absolute Gasteiger partial charge is 0.550 e. The van der Waals surface area contributed by atoms with E-state index in [-0.39, 0.29) is 18.0 Å². The summed E-state index contributed by atoms with van der Waals surface area (Å²) >= 11 is 0. The number of benzene rings is 1. The van der Waals surface area contributed by atoms with E-state index in [9.17, 15) is 19.5 Å². The number of hydrogen-bond donors (Lipinski definition) is 1. The average molecular weight is 386 g/mol. The molecule has 7 heteroatoms. The number of carboxylic acids is 1. The molecule has 1 aliphatic rings. The molecule has 0 saturated carbocycles. The number of unbranched alkanes of at least 4 members (excludes halogenated alkanes) is 2. The number of hydrogen-bond acceptors (Lipinski definition) is 6. The number of fused-ring (bicyclic) bond motifs is 3. The highest BCUT2D eigenvalue weighted by molar-refractivity contribution is 5.84. The molecule has 1 atom stereocenters. The van der Waals surface area contributed by atoms with Crippen LogP contribution in [0.3, 0.4) is 0 Å². The third-order valence-corrected chi connectivity index (χ3v) is 4.98. The van der Waals surface area contributed by atoms with Gasteiger partial charge in [0.1, 0.15) is 11.3 Å². The van der Waals surface area contributed by atoms with Gasteiger partial charge in [-0.3, -0.25) is 4.79 Å². The Balaban J connectivity index is 1.55.